The van der Waals surface area contributed by atoms with Gasteiger partial charge in [-0.3, -0.25) is 4.79 Å². The molecule has 4 rings (SSSR count). The molecule has 0 atom stereocenters. The Balaban J connectivity index is 1.57. The number of carbonyl (C=O) groups is 1. The number of nitrogens with one attached hydrogen (secondary N) is 2. The maximum absolute atomic E-state index is 13.0. The van der Waals surface area contributed by atoms with Crippen LogP contribution in [0.2, 0.25) is 0 Å². The van der Waals surface area contributed by atoms with Crippen LogP contribution in [0.3, 0.4) is 0 Å². The van der Waals surface area contributed by atoms with Crippen LogP contribution in [0.15, 0.2) is 88.5 Å². The summed E-state index contributed by atoms with van der Waals surface area (Å²) >= 11 is 0. The zero-order valence-corrected chi connectivity index (χ0v) is 20.8. The minimum Gasteiger partial charge on any atom is -0.363 e. The predicted octanol–water partition coefficient (Wildman–Crippen LogP) is 5.21. The molecule has 0 spiro atoms. The first kappa shape index (κ1) is 24.9. The van der Waals surface area contributed by atoms with Gasteiger partial charge in [-0.15, -0.1) is 0 Å². The summed E-state index contributed by atoms with van der Waals surface area (Å²) in [7, 11) is -3.75. The first-order valence-electron chi connectivity index (χ1n) is 11.1. The molecule has 0 bridgehead atoms. The Morgan fingerprint density at radius 1 is 0.972 bits per heavy atom. The lowest BCUT2D eigenvalue weighted by molar-refractivity contribution is 0.102. The average molecular weight is 501 g/mol. The molecule has 0 aliphatic carbocycles. The predicted molar refractivity (Wildman–Crippen MR) is 137 cm³/mol. The first-order valence-corrected chi connectivity index (χ1v) is 12.6. The molecule has 9 heteroatoms. The van der Waals surface area contributed by atoms with E-state index in [4.69, 9.17) is 9.78 Å². The van der Waals surface area contributed by atoms with Crippen LogP contribution in [0, 0.1) is 11.3 Å². The van der Waals surface area contributed by atoms with Crippen LogP contribution in [0.25, 0.3) is 22.4 Å². The van der Waals surface area contributed by atoms with E-state index < -0.39 is 21.5 Å². The lowest BCUT2D eigenvalue weighted by atomic mass is 10.0. The molecule has 0 fully saturated rings. The third-order valence-electron chi connectivity index (χ3n) is 5.15. The number of amides is 1. The van der Waals surface area contributed by atoms with E-state index in [1.54, 1.807) is 93.6 Å². The van der Waals surface area contributed by atoms with Crippen molar-refractivity contribution in [3.05, 3.63) is 90.2 Å². The Morgan fingerprint density at radius 3 is 2.39 bits per heavy atom. The van der Waals surface area contributed by atoms with Crippen molar-refractivity contribution >= 4 is 21.6 Å². The molecule has 182 valence electrons. The third kappa shape index (κ3) is 5.51. The topological polar surface area (TPSA) is 125 Å². The standard InChI is InChI=1S/C27H24N4O4S/c1-27(2,3)31-36(33,34)24-10-5-4-9-22(24)19-11-13-21(14-12-19)29-26(32)23-17-35-30-25(23)20-8-6-7-18(15-20)16-28/h4-15,17,31H,1-3H3,(H,29,32). The molecule has 1 heterocycles. The van der Waals surface area contributed by atoms with Gasteiger partial charge in [0.05, 0.1) is 16.5 Å². The minimum absolute atomic E-state index is 0.172. The van der Waals surface area contributed by atoms with Gasteiger partial charge in [0, 0.05) is 22.4 Å². The van der Waals surface area contributed by atoms with E-state index in [9.17, 15) is 13.2 Å². The molecular formula is C27H24N4O4S. The molecule has 4 aromatic rings. The van der Waals surface area contributed by atoms with E-state index in [1.165, 1.54) is 6.26 Å². The molecule has 0 aliphatic rings. The second kappa shape index (κ2) is 9.77. The average Bonchev–Trinajstić information content (AvgIpc) is 3.33. The maximum Gasteiger partial charge on any atom is 0.261 e. The summed E-state index contributed by atoms with van der Waals surface area (Å²) in [4.78, 5) is 13.1. The summed E-state index contributed by atoms with van der Waals surface area (Å²) in [6.07, 6.45) is 1.25. The van der Waals surface area contributed by atoms with Gasteiger partial charge < -0.3 is 9.84 Å². The second-order valence-electron chi connectivity index (χ2n) is 9.15. The largest absolute Gasteiger partial charge is 0.363 e. The highest BCUT2D eigenvalue weighted by Crippen LogP contribution is 2.29. The zero-order chi connectivity index (χ0) is 25.9. The highest BCUT2D eigenvalue weighted by atomic mass is 32.2. The van der Waals surface area contributed by atoms with Crippen LogP contribution in [0.1, 0.15) is 36.7 Å². The molecule has 0 radical (unpaired) electrons. The van der Waals surface area contributed by atoms with Gasteiger partial charge in [0.25, 0.3) is 5.91 Å². The Labute approximate surface area is 209 Å². The molecule has 0 saturated carbocycles. The third-order valence-corrected chi connectivity index (χ3v) is 6.97. The fraction of sp³-hybridized carbons (Fsp3) is 0.148. The fourth-order valence-corrected chi connectivity index (χ4v) is 5.32. The van der Waals surface area contributed by atoms with Crippen molar-refractivity contribution in [2.24, 2.45) is 0 Å². The van der Waals surface area contributed by atoms with E-state index in [0.717, 1.165) is 0 Å². The first-order chi connectivity index (χ1) is 17.1. The summed E-state index contributed by atoms with van der Waals surface area (Å²) in [5.74, 6) is -0.432. The molecule has 1 aromatic heterocycles. The number of hydrogen-bond acceptors (Lipinski definition) is 6. The van der Waals surface area contributed by atoms with Crippen LogP contribution in [-0.4, -0.2) is 25.0 Å². The number of sulfonamides is 1. The Hall–Kier alpha value is -4.26. The molecule has 0 unspecified atom stereocenters. The van der Waals surface area contributed by atoms with Gasteiger partial charge in [0.1, 0.15) is 17.5 Å². The van der Waals surface area contributed by atoms with Gasteiger partial charge in [-0.25, -0.2) is 13.1 Å². The van der Waals surface area contributed by atoms with Crippen LogP contribution < -0.4 is 10.0 Å². The highest BCUT2D eigenvalue weighted by molar-refractivity contribution is 7.89. The number of anilines is 1. The number of benzene rings is 3. The van der Waals surface area contributed by atoms with Gasteiger partial charge in [-0.05, 0) is 56.7 Å². The van der Waals surface area contributed by atoms with Crippen molar-refractivity contribution in [2.75, 3.05) is 5.32 Å². The van der Waals surface area contributed by atoms with E-state index in [-0.39, 0.29) is 10.5 Å². The fourth-order valence-electron chi connectivity index (χ4n) is 3.67. The lowest BCUT2D eigenvalue weighted by Gasteiger charge is -2.21. The number of hydrogen-bond donors (Lipinski definition) is 2. The SMILES string of the molecule is CC(C)(C)NS(=O)(=O)c1ccccc1-c1ccc(NC(=O)c2conc2-c2cccc(C#N)c2)cc1. The van der Waals surface area contributed by atoms with Gasteiger partial charge in [0.15, 0.2) is 0 Å². The Morgan fingerprint density at radius 2 is 1.69 bits per heavy atom. The van der Waals surface area contributed by atoms with Crippen molar-refractivity contribution in [2.45, 2.75) is 31.2 Å². The maximum atomic E-state index is 13.0. The summed E-state index contributed by atoms with van der Waals surface area (Å²) in [6, 6.07) is 22.4. The van der Waals surface area contributed by atoms with Crippen molar-refractivity contribution < 1.29 is 17.7 Å². The molecule has 3 aromatic carbocycles. The summed E-state index contributed by atoms with van der Waals surface area (Å²) in [6.45, 7) is 5.35. The molecule has 0 aliphatic heterocycles. The monoisotopic (exact) mass is 500 g/mol. The van der Waals surface area contributed by atoms with Crippen LogP contribution in [0.4, 0.5) is 5.69 Å². The second-order valence-corrected chi connectivity index (χ2v) is 10.8. The van der Waals surface area contributed by atoms with Crippen LogP contribution in [0.5, 0.6) is 0 Å². The summed E-state index contributed by atoms with van der Waals surface area (Å²) < 4.78 is 33.7. The molecule has 8 nitrogen and oxygen atoms in total. The quantitative estimate of drug-likeness (QED) is 0.374. The Bertz CT molecular complexity index is 1560. The summed E-state index contributed by atoms with van der Waals surface area (Å²) in [5, 5.41) is 15.9. The van der Waals surface area contributed by atoms with Gasteiger partial charge in [-0.1, -0.05) is 47.6 Å². The number of nitrogens with zero attached hydrogens (tertiary/aromatic N) is 2. The number of nitriles is 1. The summed E-state index contributed by atoms with van der Waals surface area (Å²) in [5.41, 5.74) is 2.69. The van der Waals surface area contributed by atoms with Crippen molar-refractivity contribution in [3.63, 3.8) is 0 Å². The Kier molecular flexibility index (Phi) is 6.75. The number of aromatic nitrogens is 1. The van der Waals surface area contributed by atoms with E-state index in [2.05, 4.69) is 21.3 Å². The number of rotatable bonds is 6. The van der Waals surface area contributed by atoms with Crippen molar-refractivity contribution in [3.8, 4) is 28.5 Å². The molecule has 2 N–H and O–H groups in total. The van der Waals surface area contributed by atoms with Gasteiger partial charge in [0.2, 0.25) is 10.0 Å². The zero-order valence-electron chi connectivity index (χ0n) is 19.9. The smallest absolute Gasteiger partial charge is 0.261 e. The molecule has 1 amide bonds. The number of carbonyl (C=O) groups excluding carboxylic acids is 1. The molecule has 36 heavy (non-hydrogen) atoms. The molecular weight excluding hydrogens is 476 g/mol. The minimum atomic E-state index is -3.75. The highest BCUT2D eigenvalue weighted by Gasteiger charge is 2.25. The van der Waals surface area contributed by atoms with Gasteiger partial charge in [-0.2, -0.15) is 5.26 Å². The normalized spacial score (nSPS) is 11.6. The van der Waals surface area contributed by atoms with Crippen LogP contribution >= 0.6 is 0 Å². The van der Waals surface area contributed by atoms with Gasteiger partial charge >= 0.3 is 0 Å². The van der Waals surface area contributed by atoms with E-state index >= 15 is 0 Å². The molecule has 0 saturated heterocycles. The van der Waals surface area contributed by atoms with E-state index in [1.807, 2.05) is 0 Å². The van der Waals surface area contributed by atoms with Crippen molar-refractivity contribution in [1.29, 1.82) is 5.26 Å². The van der Waals surface area contributed by atoms with E-state index in [0.29, 0.717) is 33.6 Å². The van der Waals surface area contributed by atoms with Crippen molar-refractivity contribution in [1.82, 2.24) is 9.88 Å². The van der Waals surface area contributed by atoms with Crippen LogP contribution in [-0.2, 0) is 10.0 Å². The lowest BCUT2D eigenvalue weighted by Crippen LogP contribution is -2.40.